The summed E-state index contributed by atoms with van der Waals surface area (Å²) < 4.78 is 1.84. The molecule has 0 bridgehead atoms. The Labute approximate surface area is 155 Å². The van der Waals surface area contributed by atoms with Gasteiger partial charge in [-0.05, 0) is 26.3 Å². The highest BCUT2D eigenvalue weighted by molar-refractivity contribution is 5.93. The molecule has 1 atom stereocenters. The van der Waals surface area contributed by atoms with Crippen molar-refractivity contribution in [2.24, 2.45) is 0 Å². The summed E-state index contributed by atoms with van der Waals surface area (Å²) in [4.78, 5) is 17.4. The van der Waals surface area contributed by atoms with Gasteiger partial charge in [0.15, 0.2) is 0 Å². The first kappa shape index (κ1) is 18.6. The second-order valence-electron chi connectivity index (χ2n) is 7.22. The van der Waals surface area contributed by atoms with E-state index in [2.05, 4.69) is 58.3 Å². The summed E-state index contributed by atoms with van der Waals surface area (Å²) in [6, 6.07) is 12.5. The molecule has 1 aliphatic rings. The van der Waals surface area contributed by atoms with Crippen LogP contribution in [0.5, 0.6) is 0 Å². The van der Waals surface area contributed by atoms with Crippen LogP contribution in [0.2, 0.25) is 0 Å². The molecular formula is C20H29N5O. The molecule has 1 aromatic carbocycles. The largest absolute Gasteiger partial charge is 0.310 e. The summed E-state index contributed by atoms with van der Waals surface area (Å²) in [6.07, 6.45) is 1.72. The van der Waals surface area contributed by atoms with Crippen LogP contribution in [-0.2, 0) is 11.3 Å². The van der Waals surface area contributed by atoms with E-state index in [1.54, 1.807) is 6.20 Å². The molecule has 1 aliphatic heterocycles. The van der Waals surface area contributed by atoms with Gasteiger partial charge < -0.3 is 5.32 Å². The Hall–Kier alpha value is -2.18. The topological polar surface area (TPSA) is 53.4 Å². The molecule has 6 nitrogen and oxygen atoms in total. The van der Waals surface area contributed by atoms with Crippen molar-refractivity contribution in [3.05, 3.63) is 48.2 Å². The molecule has 0 saturated carbocycles. The van der Waals surface area contributed by atoms with Crippen molar-refractivity contribution in [1.82, 2.24) is 19.6 Å². The first-order chi connectivity index (χ1) is 12.5. The molecule has 26 heavy (non-hydrogen) atoms. The molecular weight excluding hydrogens is 326 g/mol. The normalized spacial score (nSPS) is 17.4. The lowest BCUT2D eigenvalue weighted by atomic mass is 10.1. The minimum Gasteiger partial charge on any atom is -0.310 e. The lowest BCUT2D eigenvalue weighted by molar-refractivity contribution is -0.121. The van der Waals surface area contributed by atoms with Crippen LogP contribution in [-0.4, -0.2) is 57.7 Å². The first-order valence-electron chi connectivity index (χ1n) is 9.39. The van der Waals surface area contributed by atoms with Crippen LogP contribution in [0.15, 0.2) is 42.6 Å². The molecule has 0 radical (unpaired) electrons. The van der Waals surface area contributed by atoms with Crippen LogP contribution in [0.25, 0.3) is 0 Å². The van der Waals surface area contributed by atoms with Gasteiger partial charge >= 0.3 is 0 Å². The van der Waals surface area contributed by atoms with Crippen molar-refractivity contribution in [1.29, 1.82) is 0 Å². The maximum absolute atomic E-state index is 12.6. The Morgan fingerprint density at radius 2 is 1.77 bits per heavy atom. The number of piperazine rings is 1. The van der Waals surface area contributed by atoms with Crippen LogP contribution in [0.4, 0.5) is 5.82 Å². The number of rotatable bonds is 6. The maximum atomic E-state index is 12.6. The highest BCUT2D eigenvalue weighted by Gasteiger charge is 2.26. The summed E-state index contributed by atoms with van der Waals surface area (Å²) >= 11 is 0. The molecule has 0 aliphatic carbocycles. The van der Waals surface area contributed by atoms with E-state index < -0.39 is 0 Å². The Morgan fingerprint density at radius 3 is 2.42 bits per heavy atom. The third kappa shape index (κ3) is 4.51. The van der Waals surface area contributed by atoms with E-state index in [9.17, 15) is 4.79 Å². The van der Waals surface area contributed by atoms with E-state index in [1.165, 1.54) is 5.56 Å². The predicted octanol–water partition coefficient (Wildman–Crippen LogP) is 2.61. The lowest BCUT2D eigenvalue weighted by Gasteiger charge is -2.37. The molecule has 1 unspecified atom stereocenters. The van der Waals surface area contributed by atoms with E-state index in [-0.39, 0.29) is 18.0 Å². The SMILES string of the molecule is CC(C(=O)Nc1ccnn1C(C)C)N1CCN(Cc2ccccc2)CC1. The Bertz CT molecular complexity index is 704. The zero-order valence-electron chi connectivity index (χ0n) is 15.9. The summed E-state index contributed by atoms with van der Waals surface area (Å²) in [5, 5.41) is 7.30. The van der Waals surface area contributed by atoms with Gasteiger partial charge in [0, 0.05) is 44.8 Å². The average molecular weight is 355 g/mol. The summed E-state index contributed by atoms with van der Waals surface area (Å²) in [5.74, 6) is 0.795. The Morgan fingerprint density at radius 1 is 1.08 bits per heavy atom. The van der Waals surface area contributed by atoms with Gasteiger partial charge in [0.1, 0.15) is 5.82 Å². The molecule has 0 spiro atoms. The molecule has 3 rings (SSSR count). The van der Waals surface area contributed by atoms with Crippen molar-refractivity contribution in [3.63, 3.8) is 0 Å². The molecule has 1 N–H and O–H groups in total. The monoisotopic (exact) mass is 355 g/mol. The molecule has 1 amide bonds. The molecule has 1 fully saturated rings. The number of anilines is 1. The van der Waals surface area contributed by atoms with Gasteiger partial charge in [-0.15, -0.1) is 0 Å². The number of amides is 1. The second-order valence-corrected chi connectivity index (χ2v) is 7.22. The molecule has 2 heterocycles. The predicted molar refractivity (Wildman–Crippen MR) is 104 cm³/mol. The Kier molecular flexibility index (Phi) is 6.06. The van der Waals surface area contributed by atoms with Crippen molar-refractivity contribution < 1.29 is 4.79 Å². The van der Waals surface area contributed by atoms with Gasteiger partial charge in [-0.3, -0.25) is 14.6 Å². The number of benzene rings is 1. The van der Waals surface area contributed by atoms with Crippen molar-refractivity contribution in [3.8, 4) is 0 Å². The number of carbonyl (C=O) groups excluding carboxylic acids is 1. The van der Waals surface area contributed by atoms with E-state index in [0.29, 0.717) is 0 Å². The summed E-state index contributed by atoms with van der Waals surface area (Å²) in [5.41, 5.74) is 1.34. The highest BCUT2D eigenvalue weighted by atomic mass is 16.2. The molecule has 1 aromatic heterocycles. The van der Waals surface area contributed by atoms with Crippen LogP contribution >= 0.6 is 0 Å². The second kappa shape index (κ2) is 8.47. The minimum absolute atomic E-state index is 0.0314. The molecule has 1 saturated heterocycles. The minimum atomic E-state index is -0.149. The van der Waals surface area contributed by atoms with E-state index in [1.807, 2.05) is 23.7 Å². The fraction of sp³-hybridized carbons (Fsp3) is 0.500. The van der Waals surface area contributed by atoms with E-state index in [4.69, 9.17) is 0 Å². The maximum Gasteiger partial charge on any atom is 0.242 e. The molecule has 140 valence electrons. The average Bonchev–Trinajstić information content (AvgIpc) is 3.11. The van der Waals surface area contributed by atoms with Crippen molar-refractivity contribution in [2.45, 2.75) is 39.4 Å². The third-order valence-corrected chi connectivity index (χ3v) is 4.99. The summed E-state index contributed by atoms with van der Waals surface area (Å²) in [7, 11) is 0. The van der Waals surface area contributed by atoms with Gasteiger partial charge in [0.25, 0.3) is 0 Å². The quantitative estimate of drug-likeness (QED) is 0.865. The van der Waals surface area contributed by atoms with Crippen molar-refractivity contribution >= 4 is 11.7 Å². The summed E-state index contributed by atoms with van der Waals surface area (Å²) in [6.45, 7) is 10.8. The molecule has 2 aromatic rings. The van der Waals surface area contributed by atoms with E-state index >= 15 is 0 Å². The fourth-order valence-electron chi connectivity index (χ4n) is 3.37. The van der Waals surface area contributed by atoms with Crippen LogP contribution < -0.4 is 5.32 Å². The van der Waals surface area contributed by atoms with Gasteiger partial charge in [-0.2, -0.15) is 5.10 Å². The number of hydrogen-bond acceptors (Lipinski definition) is 4. The van der Waals surface area contributed by atoms with Crippen LogP contribution in [0.1, 0.15) is 32.4 Å². The number of aromatic nitrogens is 2. The van der Waals surface area contributed by atoms with Gasteiger partial charge in [0.2, 0.25) is 5.91 Å². The zero-order valence-corrected chi connectivity index (χ0v) is 15.9. The van der Waals surface area contributed by atoms with Crippen LogP contribution in [0.3, 0.4) is 0 Å². The zero-order chi connectivity index (χ0) is 18.5. The van der Waals surface area contributed by atoms with Gasteiger partial charge in [-0.25, -0.2) is 4.68 Å². The van der Waals surface area contributed by atoms with Crippen LogP contribution in [0, 0.1) is 0 Å². The molecule has 6 heteroatoms. The van der Waals surface area contributed by atoms with E-state index in [0.717, 1.165) is 38.5 Å². The van der Waals surface area contributed by atoms with Gasteiger partial charge in [0.05, 0.1) is 12.2 Å². The smallest absolute Gasteiger partial charge is 0.242 e. The first-order valence-corrected chi connectivity index (χ1v) is 9.39. The van der Waals surface area contributed by atoms with Gasteiger partial charge in [-0.1, -0.05) is 30.3 Å². The van der Waals surface area contributed by atoms with Crippen molar-refractivity contribution in [2.75, 3.05) is 31.5 Å². The number of hydrogen-bond donors (Lipinski definition) is 1. The number of nitrogens with zero attached hydrogens (tertiary/aromatic N) is 4. The number of nitrogens with one attached hydrogen (secondary N) is 1. The fourth-order valence-corrected chi connectivity index (χ4v) is 3.37. The third-order valence-electron chi connectivity index (χ3n) is 4.99. The Balaban J connectivity index is 1.50. The number of carbonyl (C=O) groups is 1. The standard InChI is InChI=1S/C20H29N5O/c1-16(2)25-19(9-10-21-25)22-20(26)17(3)24-13-11-23(12-14-24)15-18-7-5-4-6-8-18/h4-10,16-17H,11-15H2,1-3H3,(H,22,26). The highest BCUT2D eigenvalue weighted by Crippen LogP contribution is 2.15. The lowest BCUT2D eigenvalue weighted by Crippen LogP contribution is -2.52.